The molecule has 0 unspecified atom stereocenters. The molecule has 0 aromatic heterocycles. The summed E-state index contributed by atoms with van der Waals surface area (Å²) in [7, 11) is 0. The molecule has 3 N–H and O–H groups in total. The van der Waals surface area contributed by atoms with Crippen molar-refractivity contribution in [2.75, 3.05) is 6.61 Å². The third-order valence-corrected chi connectivity index (χ3v) is 3.91. The summed E-state index contributed by atoms with van der Waals surface area (Å²) < 4.78 is 15.7. The highest BCUT2D eigenvalue weighted by atomic mass is 16.7. The van der Waals surface area contributed by atoms with E-state index in [2.05, 4.69) is 0 Å². The van der Waals surface area contributed by atoms with Gasteiger partial charge in [-0.15, -0.1) is 0 Å². The number of aliphatic hydroxyl groups is 3. The predicted molar refractivity (Wildman–Crippen MR) is 82.6 cm³/mol. The molecule has 140 valence electrons. The van der Waals surface area contributed by atoms with Gasteiger partial charge in [0.25, 0.3) is 0 Å². The van der Waals surface area contributed by atoms with Gasteiger partial charge in [0.15, 0.2) is 6.10 Å². The van der Waals surface area contributed by atoms with Crippen LogP contribution in [0.25, 0.3) is 0 Å². The maximum Gasteiger partial charge on any atom is 0.311 e. The zero-order valence-corrected chi connectivity index (χ0v) is 14.5. The molecule has 0 saturated carbocycles. The molecule has 0 aromatic rings. The lowest BCUT2D eigenvalue weighted by Crippen LogP contribution is -2.61. The van der Waals surface area contributed by atoms with Crippen LogP contribution in [-0.4, -0.2) is 64.6 Å². The Morgan fingerprint density at radius 2 is 1.75 bits per heavy atom. The Bertz CT molecular complexity index is 424. The highest BCUT2D eigenvalue weighted by Gasteiger charge is 2.48. The van der Waals surface area contributed by atoms with Crippen molar-refractivity contribution >= 4 is 11.9 Å². The molecule has 1 fully saturated rings. The molecule has 0 bridgehead atoms. The number of hydrogen-bond acceptors (Lipinski definition) is 8. The van der Waals surface area contributed by atoms with Crippen LogP contribution in [0.1, 0.15) is 40.5 Å². The van der Waals surface area contributed by atoms with Gasteiger partial charge in [-0.25, -0.2) is 0 Å². The summed E-state index contributed by atoms with van der Waals surface area (Å²) in [6, 6.07) is 0. The van der Waals surface area contributed by atoms with Crippen LogP contribution < -0.4 is 0 Å². The highest BCUT2D eigenvalue weighted by molar-refractivity contribution is 5.72. The van der Waals surface area contributed by atoms with Crippen molar-refractivity contribution in [2.24, 2.45) is 11.8 Å². The zero-order chi connectivity index (χ0) is 18.4. The molecular weight excluding hydrogens is 320 g/mol. The van der Waals surface area contributed by atoms with Gasteiger partial charge in [0.1, 0.15) is 18.3 Å². The van der Waals surface area contributed by atoms with Gasteiger partial charge < -0.3 is 29.5 Å². The number of hydrogen-bond donors (Lipinski definition) is 3. The largest absolute Gasteiger partial charge is 0.453 e. The lowest BCUT2D eigenvalue weighted by atomic mass is 9.99. The minimum atomic E-state index is -1.54. The van der Waals surface area contributed by atoms with Crippen LogP contribution in [0.3, 0.4) is 0 Å². The molecule has 1 rings (SSSR count). The maximum atomic E-state index is 12.0. The Morgan fingerprint density at radius 3 is 2.25 bits per heavy atom. The zero-order valence-electron chi connectivity index (χ0n) is 14.5. The first-order valence-corrected chi connectivity index (χ1v) is 8.23. The summed E-state index contributed by atoms with van der Waals surface area (Å²) in [5, 5.41) is 29.4. The Kier molecular flexibility index (Phi) is 8.08. The summed E-state index contributed by atoms with van der Waals surface area (Å²) in [6.07, 6.45) is -6.26. The molecule has 0 aromatic carbocycles. The van der Waals surface area contributed by atoms with E-state index in [1.165, 1.54) is 0 Å². The Labute approximate surface area is 141 Å². The minimum absolute atomic E-state index is 0.0374. The van der Waals surface area contributed by atoms with Crippen molar-refractivity contribution in [3.05, 3.63) is 0 Å². The molecule has 1 aliphatic rings. The number of esters is 2. The monoisotopic (exact) mass is 348 g/mol. The van der Waals surface area contributed by atoms with Crippen LogP contribution in [0, 0.1) is 11.8 Å². The first-order chi connectivity index (χ1) is 11.2. The number of carbonyl (C=O) groups excluding carboxylic acids is 2. The minimum Gasteiger partial charge on any atom is -0.453 e. The van der Waals surface area contributed by atoms with E-state index >= 15 is 0 Å². The topological polar surface area (TPSA) is 123 Å². The molecule has 8 nitrogen and oxygen atoms in total. The van der Waals surface area contributed by atoms with Crippen LogP contribution in [0.4, 0.5) is 0 Å². The number of rotatable bonds is 7. The fourth-order valence-corrected chi connectivity index (χ4v) is 2.21. The average Bonchev–Trinajstić information content (AvgIpc) is 2.52. The molecule has 24 heavy (non-hydrogen) atoms. The van der Waals surface area contributed by atoms with Crippen LogP contribution >= 0.6 is 0 Å². The quantitative estimate of drug-likeness (QED) is 0.548. The van der Waals surface area contributed by atoms with Crippen molar-refractivity contribution in [3.8, 4) is 0 Å². The fraction of sp³-hybridized carbons (Fsp3) is 0.875. The van der Waals surface area contributed by atoms with Gasteiger partial charge in [-0.1, -0.05) is 27.7 Å². The molecule has 8 heteroatoms. The Morgan fingerprint density at radius 1 is 1.12 bits per heavy atom. The molecule has 0 aliphatic carbocycles. The Hall–Kier alpha value is -1.22. The van der Waals surface area contributed by atoms with E-state index in [0.717, 1.165) is 0 Å². The lowest BCUT2D eigenvalue weighted by Gasteiger charge is -2.41. The second-order valence-corrected chi connectivity index (χ2v) is 6.51. The third-order valence-electron chi connectivity index (χ3n) is 3.91. The summed E-state index contributed by atoms with van der Waals surface area (Å²) >= 11 is 0. The van der Waals surface area contributed by atoms with Crippen molar-refractivity contribution in [2.45, 2.75) is 71.2 Å². The average molecular weight is 348 g/mol. The molecule has 1 aliphatic heterocycles. The van der Waals surface area contributed by atoms with Crippen LogP contribution in [-0.2, 0) is 23.8 Å². The second-order valence-electron chi connectivity index (χ2n) is 6.51. The number of ether oxygens (including phenoxy) is 3. The molecule has 0 spiro atoms. The number of aliphatic hydroxyl groups excluding tert-OH is 3. The van der Waals surface area contributed by atoms with E-state index in [9.17, 15) is 24.9 Å². The van der Waals surface area contributed by atoms with E-state index < -0.39 is 55.2 Å². The third kappa shape index (κ3) is 5.41. The fourth-order valence-electron chi connectivity index (χ4n) is 2.21. The van der Waals surface area contributed by atoms with Gasteiger partial charge in [-0.3, -0.25) is 9.59 Å². The van der Waals surface area contributed by atoms with Crippen LogP contribution in [0.15, 0.2) is 0 Å². The first-order valence-electron chi connectivity index (χ1n) is 8.23. The number of carbonyl (C=O) groups is 2. The summed E-state index contributed by atoms with van der Waals surface area (Å²) in [4.78, 5) is 23.9. The highest BCUT2D eigenvalue weighted by Crippen LogP contribution is 2.26. The van der Waals surface area contributed by atoms with Gasteiger partial charge in [0.05, 0.1) is 12.5 Å². The molecule has 1 saturated heterocycles. The van der Waals surface area contributed by atoms with E-state index in [1.807, 2.05) is 20.8 Å². The van der Waals surface area contributed by atoms with Gasteiger partial charge in [0.2, 0.25) is 6.29 Å². The van der Waals surface area contributed by atoms with Gasteiger partial charge in [0, 0.05) is 6.42 Å². The predicted octanol–water partition coefficient (Wildman–Crippen LogP) is -0.0274. The van der Waals surface area contributed by atoms with Gasteiger partial charge in [-0.05, 0) is 12.3 Å². The second kappa shape index (κ2) is 9.31. The van der Waals surface area contributed by atoms with Crippen LogP contribution in [0.2, 0.25) is 0 Å². The van der Waals surface area contributed by atoms with E-state index in [-0.39, 0.29) is 12.3 Å². The smallest absolute Gasteiger partial charge is 0.311 e. The summed E-state index contributed by atoms with van der Waals surface area (Å²) in [5.74, 6) is -1.54. The van der Waals surface area contributed by atoms with Crippen molar-refractivity contribution in [3.63, 3.8) is 0 Å². The first kappa shape index (κ1) is 20.8. The molecule has 1 heterocycles. The lowest BCUT2D eigenvalue weighted by molar-refractivity contribution is -0.297. The molecule has 0 radical (unpaired) electrons. The van der Waals surface area contributed by atoms with Crippen molar-refractivity contribution in [1.82, 2.24) is 0 Å². The summed E-state index contributed by atoms with van der Waals surface area (Å²) in [6.45, 7) is 6.54. The molecular formula is C16H28O8. The normalized spacial score (nSPS) is 31.6. The molecule has 0 amide bonds. The van der Waals surface area contributed by atoms with Crippen LogP contribution in [0.5, 0.6) is 0 Å². The SMILES string of the molecule is CC[C@@H](C)C(=O)O[C@@H]1O[C@H](CO)[C@@H](O)[C@H](O)[C@H]1OC(=O)CC(C)C. The van der Waals surface area contributed by atoms with Crippen molar-refractivity contribution < 1.29 is 39.1 Å². The van der Waals surface area contributed by atoms with E-state index in [4.69, 9.17) is 14.2 Å². The Balaban J connectivity index is 2.89. The van der Waals surface area contributed by atoms with E-state index in [0.29, 0.717) is 6.42 Å². The van der Waals surface area contributed by atoms with E-state index in [1.54, 1.807) is 6.92 Å². The standard InChI is InChI=1S/C16H28O8/c1-5-9(4)15(21)24-16-14(23-11(18)6-8(2)3)13(20)12(19)10(7-17)22-16/h8-10,12-14,16-17,19-20H,5-7H2,1-4H3/t9-,10-,12-,13+,14-,16+/m1/s1. The maximum absolute atomic E-state index is 12.0. The van der Waals surface area contributed by atoms with Gasteiger partial charge >= 0.3 is 11.9 Å². The van der Waals surface area contributed by atoms with Crippen molar-refractivity contribution in [1.29, 1.82) is 0 Å². The molecule has 6 atom stereocenters. The van der Waals surface area contributed by atoms with Gasteiger partial charge in [-0.2, -0.15) is 0 Å². The summed E-state index contributed by atoms with van der Waals surface area (Å²) in [5.41, 5.74) is 0.